The van der Waals surface area contributed by atoms with Crippen LogP contribution in [0.4, 0.5) is 0 Å². The van der Waals surface area contributed by atoms with Crippen molar-refractivity contribution in [3.05, 3.63) is 83.8 Å². The van der Waals surface area contributed by atoms with Crippen molar-refractivity contribution in [2.45, 2.75) is 45.6 Å². The van der Waals surface area contributed by atoms with Gasteiger partial charge in [-0.1, -0.05) is 54.6 Å². The van der Waals surface area contributed by atoms with Crippen LogP contribution in [0.2, 0.25) is 0 Å². The van der Waals surface area contributed by atoms with E-state index in [0.717, 1.165) is 47.8 Å². The van der Waals surface area contributed by atoms with E-state index in [0.29, 0.717) is 24.4 Å². The van der Waals surface area contributed by atoms with Crippen LogP contribution in [0, 0.1) is 24.2 Å². The SMILES string of the molecule is Cc1ncc(C(=O)CC2CC3(C2)CC(C(=O)O)C3)c2c1cnn2Cc1ccc(-c2ccccc2)cc1. The van der Waals surface area contributed by atoms with Gasteiger partial charge in [-0.25, -0.2) is 0 Å². The average molecular weight is 480 g/mol. The van der Waals surface area contributed by atoms with Gasteiger partial charge in [-0.15, -0.1) is 0 Å². The molecule has 2 fully saturated rings. The highest BCUT2D eigenvalue weighted by molar-refractivity contribution is 6.07. The molecule has 6 heteroatoms. The second kappa shape index (κ2) is 8.70. The zero-order valence-electron chi connectivity index (χ0n) is 20.4. The van der Waals surface area contributed by atoms with Crippen molar-refractivity contribution in [3.8, 4) is 11.1 Å². The first-order valence-electron chi connectivity index (χ1n) is 12.6. The molecular formula is C30H29N3O3. The van der Waals surface area contributed by atoms with Crippen molar-refractivity contribution in [1.29, 1.82) is 0 Å². The van der Waals surface area contributed by atoms with Gasteiger partial charge in [0.05, 0.1) is 29.7 Å². The quantitative estimate of drug-likeness (QED) is 0.333. The number of pyridine rings is 1. The molecule has 0 aliphatic heterocycles. The molecule has 2 aromatic carbocycles. The number of hydrogen-bond donors (Lipinski definition) is 1. The molecule has 0 saturated heterocycles. The van der Waals surface area contributed by atoms with Gasteiger partial charge < -0.3 is 5.11 Å². The van der Waals surface area contributed by atoms with E-state index in [-0.39, 0.29) is 17.1 Å². The Balaban J connectivity index is 1.19. The maximum Gasteiger partial charge on any atom is 0.306 e. The van der Waals surface area contributed by atoms with Crippen LogP contribution in [-0.4, -0.2) is 31.6 Å². The van der Waals surface area contributed by atoms with Gasteiger partial charge >= 0.3 is 5.97 Å². The van der Waals surface area contributed by atoms with E-state index >= 15 is 0 Å². The van der Waals surface area contributed by atoms with Crippen molar-refractivity contribution < 1.29 is 14.7 Å². The van der Waals surface area contributed by atoms with Gasteiger partial charge in [-0.2, -0.15) is 5.10 Å². The van der Waals surface area contributed by atoms with Gasteiger partial charge in [0.1, 0.15) is 0 Å². The highest BCUT2D eigenvalue weighted by Crippen LogP contribution is 2.62. The summed E-state index contributed by atoms with van der Waals surface area (Å²) in [4.78, 5) is 29.0. The number of carboxylic acids is 1. The summed E-state index contributed by atoms with van der Waals surface area (Å²) in [6, 6.07) is 18.8. The standard InChI is InChI=1S/C30H29N3O3/c1-19-25-17-32-33(18-20-7-9-23(10-8-20)22-5-3-2-4-6-22)28(25)26(16-31-19)27(34)11-21-12-30(13-21)14-24(15-30)29(35)36/h2-10,16-17,21,24H,11-15,18H2,1H3,(H,35,36). The minimum atomic E-state index is -0.684. The summed E-state index contributed by atoms with van der Waals surface area (Å²) in [5.74, 6) is -0.456. The molecule has 2 aromatic heterocycles. The van der Waals surface area contributed by atoms with Crippen molar-refractivity contribution >= 4 is 22.7 Å². The number of Topliss-reactive ketones (excluding diaryl/α,β-unsaturated/α-hetero) is 1. The van der Waals surface area contributed by atoms with E-state index < -0.39 is 5.97 Å². The number of nitrogens with zero attached hydrogens (tertiary/aromatic N) is 3. The van der Waals surface area contributed by atoms with E-state index in [2.05, 4.69) is 46.5 Å². The number of carboxylic acid groups (broad SMARTS) is 1. The van der Waals surface area contributed by atoms with Crippen molar-refractivity contribution in [2.75, 3.05) is 0 Å². The molecule has 0 atom stereocenters. The lowest BCUT2D eigenvalue weighted by Crippen LogP contribution is -2.50. The Morgan fingerprint density at radius 3 is 2.36 bits per heavy atom. The van der Waals surface area contributed by atoms with Crippen molar-refractivity contribution in [3.63, 3.8) is 0 Å². The van der Waals surface area contributed by atoms with Gasteiger partial charge in [0, 0.05) is 23.7 Å². The minimum Gasteiger partial charge on any atom is -0.481 e. The first kappa shape index (κ1) is 22.7. The Kier molecular flexibility index (Phi) is 5.47. The minimum absolute atomic E-state index is 0.0997. The Morgan fingerprint density at radius 2 is 1.67 bits per heavy atom. The van der Waals surface area contributed by atoms with Crippen LogP contribution in [0.3, 0.4) is 0 Å². The fourth-order valence-corrected chi connectivity index (χ4v) is 6.33. The monoisotopic (exact) mass is 479 g/mol. The lowest BCUT2D eigenvalue weighted by molar-refractivity contribution is -0.157. The number of aryl methyl sites for hydroxylation is 1. The molecule has 182 valence electrons. The molecule has 0 radical (unpaired) electrons. The third-order valence-corrected chi connectivity index (χ3v) is 8.19. The Labute approximate surface area is 210 Å². The maximum atomic E-state index is 13.4. The topological polar surface area (TPSA) is 85.1 Å². The Bertz CT molecular complexity index is 1440. The number of fused-ring (bicyclic) bond motifs is 1. The Morgan fingerprint density at radius 1 is 0.972 bits per heavy atom. The fraction of sp³-hybridized carbons (Fsp3) is 0.333. The summed E-state index contributed by atoms with van der Waals surface area (Å²) in [7, 11) is 0. The second-order valence-electron chi connectivity index (χ2n) is 10.7. The number of carbonyl (C=O) groups excluding carboxylic acids is 1. The molecule has 1 N–H and O–H groups in total. The average Bonchev–Trinajstić information content (AvgIpc) is 3.25. The van der Waals surface area contributed by atoms with Gasteiger partial charge in [0.15, 0.2) is 5.78 Å². The molecule has 0 amide bonds. The van der Waals surface area contributed by atoms with E-state index in [1.54, 1.807) is 6.20 Å². The summed E-state index contributed by atoms with van der Waals surface area (Å²) in [5.41, 5.74) is 5.98. The number of aromatic nitrogens is 3. The van der Waals surface area contributed by atoms with Gasteiger partial charge in [0.25, 0.3) is 0 Å². The number of carbonyl (C=O) groups is 2. The summed E-state index contributed by atoms with van der Waals surface area (Å²) in [5, 5.41) is 14.7. The summed E-state index contributed by atoms with van der Waals surface area (Å²) in [6.45, 7) is 2.52. The second-order valence-corrected chi connectivity index (χ2v) is 10.7. The highest BCUT2D eigenvalue weighted by Gasteiger charge is 2.54. The first-order valence-corrected chi connectivity index (χ1v) is 12.6. The summed E-state index contributed by atoms with van der Waals surface area (Å²) < 4.78 is 1.92. The molecule has 6 rings (SSSR count). The van der Waals surface area contributed by atoms with E-state index in [1.807, 2.05) is 36.0 Å². The first-order chi connectivity index (χ1) is 17.4. The van der Waals surface area contributed by atoms with Crippen LogP contribution in [0.25, 0.3) is 22.0 Å². The smallest absolute Gasteiger partial charge is 0.306 e. The van der Waals surface area contributed by atoms with Crippen LogP contribution < -0.4 is 0 Å². The molecule has 2 heterocycles. The predicted octanol–water partition coefficient (Wildman–Crippen LogP) is 5.92. The van der Waals surface area contributed by atoms with Gasteiger partial charge in [0.2, 0.25) is 0 Å². The van der Waals surface area contributed by atoms with Gasteiger partial charge in [-0.3, -0.25) is 19.3 Å². The van der Waals surface area contributed by atoms with Crippen LogP contribution in [0.1, 0.15) is 53.7 Å². The molecule has 1 spiro atoms. The van der Waals surface area contributed by atoms with E-state index in [1.165, 1.54) is 11.1 Å². The molecular weight excluding hydrogens is 450 g/mol. The van der Waals surface area contributed by atoms with Crippen LogP contribution in [0.15, 0.2) is 67.0 Å². The number of benzene rings is 2. The molecule has 2 aliphatic carbocycles. The normalized spacial score (nSPS) is 22.8. The van der Waals surface area contributed by atoms with Crippen LogP contribution in [0.5, 0.6) is 0 Å². The molecule has 2 saturated carbocycles. The predicted molar refractivity (Wildman–Crippen MR) is 138 cm³/mol. The Hall–Kier alpha value is -3.80. The molecule has 2 aliphatic rings. The van der Waals surface area contributed by atoms with Gasteiger partial charge in [-0.05, 0) is 60.6 Å². The lowest BCUT2D eigenvalue weighted by Gasteiger charge is -2.56. The van der Waals surface area contributed by atoms with Crippen LogP contribution in [-0.2, 0) is 11.3 Å². The highest BCUT2D eigenvalue weighted by atomic mass is 16.4. The summed E-state index contributed by atoms with van der Waals surface area (Å²) >= 11 is 0. The fourth-order valence-electron chi connectivity index (χ4n) is 6.33. The largest absolute Gasteiger partial charge is 0.481 e. The number of hydrogen-bond acceptors (Lipinski definition) is 4. The molecule has 0 bridgehead atoms. The van der Waals surface area contributed by atoms with Crippen molar-refractivity contribution in [2.24, 2.45) is 17.3 Å². The third kappa shape index (κ3) is 4.00. The van der Waals surface area contributed by atoms with Crippen molar-refractivity contribution in [1.82, 2.24) is 14.8 Å². The van der Waals surface area contributed by atoms with E-state index in [9.17, 15) is 14.7 Å². The molecule has 36 heavy (non-hydrogen) atoms. The molecule has 4 aromatic rings. The number of rotatable bonds is 7. The zero-order chi connectivity index (χ0) is 24.9. The maximum absolute atomic E-state index is 13.4. The van der Waals surface area contributed by atoms with E-state index in [4.69, 9.17) is 0 Å². The zero-order valence-corrected chi connectivity index (χ0v) is 20.4. The summed E-state index contributed by atoms with van der Waals surface area (Å²) in [6.07, 6.45) is 7.44. The number of aliphatic carboxylic acids is 1. The third-order valence-electron chi connectivity index (χ3n) is 8.19. The molecule has 6 nitrogen and oxygen atoms in total. The lowest BCUT2D eigenvalue weighted by atomic mass is 9.47. The molecule has 0 unspecified atom stereocenters. The number of ketones is 1. The van der Waals surface area contributed by atoms with Crippen LogP contribution >= 0.6 is 0 Å².